The molecule has 2 amide bonds. The van der Waals surface area contributed by atoms with Gasteiger partial charge in [-0.15, -0.1) is 0 Å². The first kappa shape index (κ1) is 33.8. The Morgan fingerprint density at radius 1 is 0.939 bits per heavy atom. The molecule has 2 saturated carbocycles. The Labute approximate surface area is 291 Å². The van der Waals surface area contributed by atoms with Crippen LogP contribution >= 0.6 is 0 Å². The number of aliphatic hydroxyl groups is 1. The van der Waals surface area contributed by atoms with Crippen LogP contribution in [0.1, 0.15) is 129 Å². The fourth-order valence-corrected chi connectivity index (χ4v) is 9.11. The van der Waals surface area contributed by atoms with Crippen molar-refractivity contribution in [2.45, 2.75) is 121 Å². The van der Waals surface area contributed by atoms with Gasteiger partial charge >= 0.3 is 0 Å². The SMILES string of the molecule is CCc1ccccc1C[C@@](CCO)(NC(=O)c1cc(C2CCCC2)cc(N2CCCC2=O)c1)NC1C[C@@H](C2CCCC2)Oc2ccccc21. The lowest BCUT2D eigenvalue weighted by Crippen LogP contribution is -2.62. The number of ether oxygens (including phenoxy) is 1. The molecule has 3 aromatic rings. The molecule has 3 aromatic carbocycles. The van der Waals surface area contributed by atoms with Gasteiger partial charge in [-0.2, -0.15) is 0 Å². The van der Waals surface area contributed by atoms with E-state index in [2.05, 4.69) is 72.2 Å². The Morgan fingerprint density at radius 2 is 1.67 bits per heavy atom. The third kappa shape index (κ3) is 7.44. The highest BCUT2D eigenvalue weighted by atomic mass is 16.5. The van der Waals surface area contributed by atoms with E-state index >= 15 is 0 Å². The first-order valence-corrected chi connectivity index (χ1v) is 18.9. The van der Waals surface area contributed by atoms with Gasteiger partial charge in [0.1, 0.15) is 11.9 Å². The molecule has 7 nitrogen and oxygen atoms in total. The fourth-order valence-electron chi connectivity index (χ4n) is 9.11. The summed E-state index contributed by atoms with van der Waals surface area (Å²) in [6.07, 6.45) is 13.5. The lowest BCUT2D eigenvalue weighted by molar-refractivity contribution is -0.117. The Hall–Kier alpha value is -3.68. The Bertz CT molecular complexity index is 1630. The van der Waals surface area contributed by atoms with Crippen molar-refractivity contribution in [2.24, 2.45) is 5.92 Å². The molecule has 0 aromatic heterocycles. The second-order valence-electron chi connectivity index (χ2n) is 14.9. The Morgan fingerprint density at radius 3 is 2.41 bits per heavy atom. The molecular formula is C42H53N3O4. The number of amides is 2. The molecule has 260 valence electrons. The Balaban J connectivity index is 1.27. The maximum Gasteiger partial charge on any atom is 0.252 e. The van der Waals surface area contributed by atoms with Crippen LogP contribution < -0.4 is 20.3 Å². The largest absolute Gasteiger partial charge is 0.490 e. The van der Waals surface area contributed by atoms with E-state index in [1.807, 2.05) is 17.0 Å². The van der Waals surface area contributed by atoms with Crippen LogP contribution in [0.4, 0.5) is 5.69 Å². The van der Waals surface area contributed by atoms with Crippen molar-refractivity contribution >= 4 is 17.5 Å². The number of nitrogens with one attached hydrogen (secondary N) is 2. The standard InChI is InChI=1S/C42H53N3O4/c1-2-29-12-3-8-17-32(29)28-42(21-23-46,43-37-27-39(31-15-6-7-16-31)49-38-19-10-9-18-36(37)38)44-41(48)34-24-33(30-13-4-5-14-30)25-35(26-34)45-22-11-20-40(45)47/h3,8-10,12,17-19,24-26,30-31,37,39,43,46H,2,4-7,11,13-16,20-23,27-28H2,1H3,(H,44,48)/t37?,39-,42+/m0/s1. The molecule has 3 fully saturated rings. The molecule has 3 atom stereocenters. The van der Waals surface area contributed by atoms with E-state index in [1.165, 1.54) is 44.1 Å². The van der Waals surface area contributed by atoms with Crippen molar-refractivity contribution in [1.29, 1.82) is 0 Å². The molecule has 0 spiro atoms. The predicted octanol–water partition coefficient (Wildman–Crippen LogP) is 7.76. The quantitative estimate of drug-likeness (QED) is 0.172. The van der Waals surface area contributed by atoms with Gasteiger partial charge < -0.3 is 20.1 Å². The van der Waals surface area contributed by atoms with Crippen molar-refractivity contribution < 1.29 is 19.4 Å². The van der Waals surface area contributed by atoms with Gasteiger partial charge in [0.05, 0.1) is 5.66 Å². The number of aliphatic hydroxyl groups excluding tert-OH is 1. The van der Waals surface area contributed by atoms with Crippen LogP contribution in [0.25, 0.3) is 0 Å². The summed E-state index contributed by atoms with van der Waals surface area (Å²) >= 11 is 0. The fraction of sp³-hybridized carbons (Fsp3) is 0.524. The summed E-state index contributed by atoms with van der Waals surface area (Å²) in [6, 6.07) is 22.8. The first-order valence-electron chi connectivity index (χ1n) is 18.9. The topological polar surface area (TPSA) is 90.9 Å². The van der Waals surface area contributed by atoms with Crippen molar-refractivity contribution in [3.8, 4) is 5.75 Å². The van der Waals surface area contributed by atoms with Crippen LogP contribution in [0.3, 0.4) is 0 Å². The van der Waals surface area contributed by atoms with Crippen molar-refractivity contribution in [2.75, 3.05) is 18.1 Å². The molecule has 7 rings (SSSR count). The molecule has 4 aliphatic rings. The van der Waals surface area contributed by atoms with E-state index in [4.69, 9.17) is 4.74 Å². The molecule has 7 heteroatoms. The van der Waals surface area contributed by atoms with E-state index in [9.17, 15) is 14.7 Å². The van der Waals surface area contributed by atoms with Gasteiger partial charge in [0.25, 0.3) is 5.91 Å². The highest BCUT2D eigenvalue weighted by molar-refractivity contribution is 5.99. The van der Waals surface area contributed by atoms with Crippen LogP contribution in [0.5, 0.6) is 5.75 Å². The summed E-state index contributed by atoms with van der Waals surface area (Å²) in [5.41, 5.74) is 5.08. The number of rotatable bonds is 12. The van der Waals surface area contributed by atoms with Gasteiger partial charge in [-0.25, -0.2) is 0 Å². The van der Waals surface area contributed by atoms with Gasteiger partial charge in [0.15, 0.2) is 0 Å². The zero-order valence-electron chi connectivity index (χ0n) is 29.1. The van der Waals surface area contributed by atoms with Crippen molar-refractivity contribution in [3.63, 3.8) is 0 Å². The van der Waals surface area contributed by atoms with Gasteiger partial charge in [0.2, 0.25) is 5.91 Å². The maximum atomic E-state index is 14.7. The van der Waals surface area contributed by atoms with Gasteiger partial charge in [0, 0.05) is 61.7 Å². The molecule has 2 aliphatic heterocycles. The molecule has 0 bridgehead atoms. The first-order chi connectivity index (χ1) is 23.9. The van der Waals surface area contributed by atoms with Crippen LogP contribution in [0.2, 0.25) is 0 Å². The number of hydrogen-bond donors (Lipinski definition) is 3. The number of aryl methyl sites for hydroxylation is 1. The van der Waals surface area contributed by atoms with Crippen LogP contribution in [-0.4, -0.2) is 41.8 Å². The molecule has 49 heavy (non-hydrogen) atoms. The van der Waals surface area contributed by atoms with E-state index in [-0.39, 0.29) is 30.6 Å². The van der Waals surface area contributed by atoms with Crippen LogP contribution in [0, 0.1) is 5.92 Å². The minimum atomic E-state index is -0.945. The van der Waals surface area contributed by atoms with Crippen molar-refractivity contribution in [1.82, 2.24) is 10.6 Å². The number of hydrogen-bond acceptors (Lipinski definition) is 5. The molecule has 0 radical (unpaired) electrons. The second kappa shape index (κ2) is 15.1. The van der Waals surface area contributed by atoms with Crippen LogP contribution in [-0.2, 0) is 17.6 Å². The smallest absolute Gasteiger partial charge is 0.252 e. The summed E-state index contributed by atoms with van der Waals surface area (Å²) in [7, 11) is 0. The molecule has 2 heterocycles. The average molecular weight is 664 g/mol. The molecular weight excluding hydrogens is 610 g/mol. The monoisotopic (exact) mass is 663 g/mol. The van der Waals surface area contributed by atoms with E-state index in [1.54, 1.807) is 0 Å². The summed E-state index contributed by atoms with van der Waals surface area (Å²) in [5, 5.41) is 18.2. The number of carbonyl (C=O) groups is 2. The zero-order chi connectivity index (χ0) is 33.8. The summed E-state index contributed by atoms with van der Waals surface area (Å²) in [6.45, 7) is 2.76. The zero-order valence-corrected chi connectivity index (χ0v) is 29.1. The third-order valence-electron chi connectivity index (χ3n) is 11.7. The van der Waals surface area contributed by atoms with Crippen LogP contribution in [0.15, 0.2) is 66.7 Å². The molecule has 1 saturated heterocycles. The number of carbonyl (C=O) groups excluding carboxylic acids is 2. The lowest BCUT2D eigenvalue weighted by atomic mass is 9.85. The number of fused-ring (bicyclic) bond motifs is 1. The van der Waals surface area contributed by atoms with Crippen molar-refractivity contribution in [3.05, 3.63) is 94.5 Å². The molecule has 1 unspecified atom stereocenters. The molecule has 3 N–H and O–H groups in total. The predicted molar refractivity (Wildman–Crippen MR) is 194 cm³/mol. The van der Waals surface area contributed by atoms with Gasteiger partial charge in [-0.3, -0.25) is 14.9 Å². The average Bonchev–Trinajstić information content (AvgIpc) is 3.93. The van der Waals surface area contributed by atoms with Gasteiger partial charge in [-0.05, 0) is 91.3 Å². The minimum Gasteiger partial charge on any atom is -0.490 e. The normalized spacial score (nSPS) is 22.6. The third-order valence-corrected chi connectivity index (χ3v) is 11.7. The summed E-state index contributed by atoms with van der Waals surface area (Å²) in [5.74, 6) is 1.76. The Kier molecular flexibility index (Phi) is 10.4. The second-order valence-corrected chi connectivity index (χ2v) is 14.9. The van der Waals surface area contributed by atoms with E-state index in [0.717, 1.165) is 60.2 Å². The molecule has 2 aliphatic carbocycles. The highest BCUT2D eigenvalue weighted by Crippen LogP contribution is 2.42. The number of benzene rings is 3. The highest BCUT2D eigenvalue weighted by Gasteiger charge is 2.41. The maximum absolute atomic E-state index is 14.7. The van der Waals surface area contributed by atoms with E-state index < -0.39 is 5.66 Å². The number of nitrogens with zero attached hydrogens (tertiary/aromatic N) is 1. The number of para-hydroxylation sites is 1. The van der Waals surface area contributed by atoms with E-state index in [0.29, 0.717) is 43.2 Å². The van der Waals surface area contributed by atoms with Gasteiger partial charge in [-0.1, -0.05) is 75.1 Å². The summed E-state index contributed by atoms with van der Waals surface area (Å²) in [4.78, 5) is 29.4. The summed E-state index contributed by atoms with van der Waals surface area (Å²) < 4.78 is 6.65. The lowest BCUT2D eigenvalue weighted by Gasteiger charge is -2.43. The minimum absolute atomic E-state index is 0.0706. The number of anilines is 1.